The number of aliphatic hydroxyl groups is 1. The van der Waals surface area contributed by atoms with Crippen molar-refractivity contribution in [1.29, 1.82) is 0 Å². The molecule has 0 aromatic heterocycles. The van der Waals surface area contributed by atoms with Crippen LogP contribution in [-0.4, -0.2) is 69.2 Å². The van der Waals surface area contributed by atoms with Gasteiger partial charge in [-0.15, -0.1) is 24.8 Å². The summed E-state index contributed by atoms with van der Waals surface area (Å²) in [5.41, 5.74) is 1.83. The van der Waals surface area contributed by atoms with E-state index in [-0.39, 0.29) is 30.9 Å². The number of piperazine rings is 1. The summed E-state index contributed by atoms with van der Waals surface area (Å²) in [5.74, 6) is 3.92. The van der Waals surface area contributed by atoms with Gasteiger partial charge in [0.25, 0.3) is 0 Å². The molecule has 1 unspecified atom stereocenters. The number of hydrogen-bond acceptors (Lipinski definition) is 5. The van der Waals surface area contributed by atoms with E-state index in [0.717, 1.165) is 56.3 Å². The summed E-state index contributed by atoms with van der Waals surface area (Å²) in [5, 5.41) is 10.5. The molecule has 188 valence electrons. The molecule has 6 rings (SSSR count). The van der Waals surface area contributed by atoms with Crippen molar-refractivity contribution >= 4 is 30.5 Å². The normalized spacial score (nSPS) is 31.6. The van der Waals surface area contributed by atoms with E-state index in [1.165, 1.54) is 50.6 Å². The van der Waals surface area contributed by atoms with Crippen molar-refractivity contribution in [3.05, 3.63) is 24.3 Å². The maximum absolute atomic E-state index is 10.5. The fourth-order valence-electron chi connectivity index (χ4n) is 7.44. The van der Waals surface area contributed by atoms with Crippen molar-refractivity contribution in [3.8, 4) is 5.75 Å². The van der Waals surface area contributed by atoms with Crippen LogP contribution in [0.5, 0.6) is 5.75 Å². The van der Waals surface area contributed by atoms with Crippen LogP contribution in [0.15, 0.2) is 24.3 Å². The quantitative estimate of drug-likeness (QED) is 0.500. The monoisotopic (exact) mass is 500 g/mol. The average Bonchev–Trinajstić information content (AvgIpc) is 2.76. The second kappa shape index (κ2) is 11.8. The van der Waals surface area contributed by atoms with Gasteiger partial charge in [0, 0.05) is 45.0 Å². The standard InChI is InChI=1S/C26H40N2O3.2ClH/c1-30-25-4-2-23(3-5-25)28-9-7-27(8-10-28)18-24(29)19-31-11-6-26-15-20-12-21(16-26)14-22(13-20)17-26;;/h2-5,20-22,24,29H,6-19H2,1H3;2*1H. The van der Waals surface area contributed by atoms with Crippen molar-refractivity contribution in [2.75, 3.05) is 57.9 Å². The van der Waals surface area contributed by atoms with Crippen molar-refractivity contribution < 1.29 is 14.6 Å². The Morgan fingerprint density at radius 1 is 0.939 bits per heavy atom. The van der Waals surface area contributed by atoms with Crippen LogP contribution in [0.25, 0.3) is 0 Å². The van der Waals surface area contributed by atoms with Gasteiger partial charge < -0.3 is 19.5 Å². The molecule has 1 N–H and O–H groups in total. The van der Waals surface area contributed by atoms with Crippen LogP contribution in [0, 0.1) is 23.2 Å². The molecule has 0 radical (unpaired) electrons. The summed E-state index contributed by atoms with van der Waals surface area (Å²) in [4.78, 5) is 4.78. The number of anilines is 1. The highest BCUT2D eigenvalue weighted by atomic mass is 35.5. The van der Waals surface area contributed by atoms with Crippen molar-refractivity contribution in [3.63, 3.8) is 0 Å². The molecule has 1 heterocycles. The SMILES string of the molecule is COc1ccc(N2CCN(CC(O)COCCC34CC5CC(CC(C5)C3)C4)CC2)cc1.Cl.Cl. The Kier molecular flexibility index (Phi) is 9.62. The number of methoxy groups -OCH3 is 1. The molecular weight excluding hydrogens is 459 g/mol. The molecule has 4 aliphatic carbocycles. The first kappa shape index (κ1) is 26.9. The summed E-state index contributed by atoms with van der Waals surface area (Å²) in [6, 6.07) is 8.29. The van der Waals surface area contributed by atoms with Gasteiger partial charge in [-0.05, 0) is 92.4 Å². The highest BCUT2D eigenvalue weighted by molar-refractivity contribution is 5.85. The minimum Gasteiger partial charge on any atom is -0.497 e. The molecule has 4 saturated carbocycles. The zero-order valence-corrected chi connectivity index (χ0v) is 21.6. The largest absolute Gasteiger partial charge is 0.497 e. The van der Waals surface area contributed by atoms with Crippen LogP contribution in [-0.2, 0) is 4.74 Å². The van der Waals surface area contributed by atoms with E-state index in [2.05, 4.69) is 21.9 Å². The predicted molar refractivity (Wildman–Crippen MR) is 138 cm³/mol. The number of ether oxygens (including phenoxy) is 2. The van der Waals surface area contributed by atoms with Crippen LogP contribution in [0.1, 0.15) is 44.9 Å². The fraction of sp³-hybridized carbons (Fsp3) is 0.769. The van der Waals surface area contributed by atoms with Gasteiger partial charge in [-0.1, -0.05) is 0 Å². The molecule has 0 spiro atoms. The van der Waals surface area contributed by atoms with Gasteiger partial charge in [0.2, 0.25) is 0 Å². The van der Waals surface area contributed by atoms with Crippen LogP contribution < -0.4 is 9.64 Å². The van der Waals surface area contributed by atoms with E-state index in [1.807, 2.05) is 12.1 Å². The summed E-state index contributed by atoms with van der Waals surface area (Å²) >= 11 is 0. The zero-order valence-electron chi connectivity index (χ0n) is 20.0. The maximum atomic E-state index is 10.5. The van der Waals surface area contributed by atoms with Gasteiger partial charge in [-0.3, -0.25) is 4.90 Å². The van der Waals surface area contributed by atoms with Crippen molar-refractivity contribution in [2.45, 2.75) is 51.0 Å². The van der Waals surface area contributed by atoms with Gasteiger partial charge in [-0.25, -0.2) is 0 Å². The first-order chi connectivity index (χ1) is 15.1. The van der Waals surface area contributed by atoms with Crippen LogP contribution >= 0.6 is 24.8 Å². The third-order valence-corrected chi connectivity index (χ3v) is 8.53. The number of halogens is 2. The third-order valence-electron chi connectivity index (χ3n) is 8.53. The maximum Gasteiger partial charge on any atom is 0.119 e. The highest BCUT2D eigenvalue weighted by Gasteiger charge is 2.50. The second-order valence-electron chi connectivity index (χ2n) is 10.9. The lowest BCUT2D eigenvalue weighted by Crippen LogP contribution is -2.49. The van der Waals surface area contributed by atoms with E-state index in [9.17, 15) is 5.11 Å². The van der Waals surface area contributed by atoms with Gasteiger partial charge >= 0.3 is 0 Å². The summed E-state index contributed by atoms with van der Waals surface area (Å²) in [6.45, 7) is 5.97. The van der Waals surface area contributed by atoms with E-state index >= 15 is 0 Å². The van der Waals surface area contributed by atoms with Crippen molar-refractivity contribution in [2.24, 2.45) is 23.2 Å². The topological polar surface area (TPSA) is 45.2 Å². The number of aliphatic hydroxyl groups excluding tert-OH is 1. The van der Waals surface area contributed by atoms with E-state index < -0.39 is 0 Å². The summed E-state index contributed by atoms with van der Waals surface area (Å²) in [7, 11) is 1.70. The first-order valence-corrected chi connectivity index (χ1v) is 12.5. The molecule has 7 heteroatoms. The summed E-state index contributed by atoms with van der Waals surface area (Å²) < 4.78 is 11.2. The average molecular weight is 502 g/mol. The fourth-order valence-corrected chi connectivity index (χ4v) is 7.44. The number of hydrogen-bond donors (Lipinski definition) is 1. The molecule has 5 aliphatic rings. The molecular formula is C26H42Cl2N2O3. The van der Waals surface area contributed by atoms with Gasteiger partial charge in [0.15, 0.2) is 0 Å². The molecule has 1 aromatic rings. The number of rotatable bonds is 9. The smallest absolute Gasteiger partial charge is 0.119 e. The van der Waals surface area contributed by atoms with Crippen LogP contribution in [0.2, 0.25) is 0 Å². The van der Waals surface area contributed by atoms with E-state index in [1.54, 1.807) is 7.11 Å². The lowest BCUT2D eigenvalue weighted by atomic mass is 9.49. The molecule has 5 nitrogen and oxygen atoms in total. The van der Waals surface area contributed by atoms with Gasteiger partial charge in [0.05, 0.1) is 19.8 Å². The Morgan fingerprint density at radius 3 is 2.06 bits per heavy atom. The van der Waals surface area contributed by atoms with E-state index in [0.29, 0.717) is 18.6 Å². The highest BCUT2D eigenvalue weighted by Crippen LogP contribution is 2.61. The molecule has 33 heavy (non-hydrogen) atoms. The van der Waals surface area contributed by atoms with Crippen molar-refractivity contribution in [1.82, 2.24) is 4.90 Å². The molecule has 1 aromatic carbocycles. The first-order valence-electron chi connectivity index (χ1n) is 12.5. The number of benzene rings is 1. The van der Waals surface area contributed by atoms with Gasteiger partial charge in [0.1, 0.15) is 5.75 Å². The Morgan fingerprint density at radius 2 is 1.52 bits per heavy atom. The zero-order chi connectivity index (χ0) is 21.3. The molecule has 1 atom stereocenters. The molecule has 1 aliphatic heterocycles. The minimum atomic E-state index is -0.385. The minimum absolute atomic E-state index is 0. The number of nitrogens with zero attached hydrogens (tertiary/aromatic N) is 2. The molecule has 1 saturated heterocycles. The Balaban J connectivity index is 0.00000153. The predicted octanol–water partition coefficient (Wildman–Crippen LogP) is 4.64. The molecule has 5 fully saturated rings. The van der Waals surface area contributed by atoms with Gasteiger partial charge in [-0.2, -0.15) is 0 Å². The Bertz CT molecular complexity index is 689. The molecule has 0 amide bonds. The third kappa shape index (κ3) is 6.49. The number of β-amino-alcohol motifs (C(OH)–C–C–N with tert-alkyl or cyclic N) is 1. The van der Waals surface area contributed by atoms with E-state index in [4.69, 9.17) is 9.47 Å². The lowest BCUT2D eigenvalue weighted by molar-refractivity contribution is -0.0741. The van der Waals surface area contributed by atoms with Crippen LogP contribution in [0.3, 0.4) is 0 Å². The second-order valence-corrected chi connectivity index (χ2v) is 10.9. The van der Waals surface area contributed by atoms with Crippen LogP contribution in [0.4, 0.5) is 5.69 Å². The molecule has 4 bridgehead atoms. The lowest BCUT2D eigenvalue weighted by Gasteiger charge is -2.57. The summed E-state index contributed by atoms with van der Waals surface area (Å²) in [6.07, 6.45) is 9.68. The Labute approximate surface area is 212 Å². The Hall–Kier alpha value is -0.720.